The molecule has 46 heavy (non-hydrogen) atoms. The van der Waals surface area contributed by atoms with Crippen molar-refractivity contribution in [3.05, 3.63) is 95.7 Å². The van der Waals surface area contributed by atoms with E-state index in [2.05, 4.69) is 38.7 Å². The Kier molecular flexibility index (Phi) is 8.44. The van der Waals surface area contributed by atoms with E-state index < -0.39 is 5.60 Å². The lowest BCUT2D eigenvalue weighted by Gasteiger charge is -2.32. The van der Waals surface area contributed by atoms with Gasteiger partial charge in [0.15, 0.2) is 0 Å². The molecule has 3 aromatic heterocycles. The van der Waals surface area contributed by atoms with Crippen molar-refractivity contribution in [2.45, 2.75) is 77.4 Å². The normalized spacial score (nSPS) is 17.7. The second-order valence-corrected chi connectivity index (χ2v) is 13.4. The van der Waals surface area contributed by atoms with Gasteiger partial charge in [-0.3, -0.25) is 9.88 Å². The van der Waals surface area contributed by atoms with Crippen LogP contribution in [0, 0.1) is 0 Å². The first-order valence-corrected chi connectivity index (χ1v) is 16.3. The molecule has 2 saturated heterocycles. The van der Waals surface area contributed by atoms with Gasteiger partial charge < -0.3 is 18.8 Å². The number of pyridine rings is 2. The van der Waals surface area contributed by atoms with E-state index in [1.807, 2.05) is 69.6 Å². The zero-order chi connectivity index (χ0) is 31.7. The zero-order valence-electron chi connectivity index (χ0n) is 26.8. The van der Waals surface area contributed by atoms with Gasteiger partial charge in [0.05, 0.1) is 35.8 Å². The number of benzene rings is 2. The summed E-state index contributed by atoms with van der Waals surface area (Å²) in [5, 5.41) is 2.26. The van der Waals surface area contributed by atoms with Crippen molar-refractivity contribution in [1.29, 1.82) is 0 Å². The number of piperidine rings is 1. The van der Waals surface area contributed by atoms with Crippen LogP contribution >= 0.6 is 0 Å². The molecular formula is C37H41N5O4. The largest absolute Gasteiger partial charge is 0.473 e. The molecule has 2 aliphatic rings. The maximum absolute atomic E-state index is 12.8. The van der Waals surface area contributed by atoms with Crippen molar-refractivity contribution in [2.24, 2.45) is 0 Å². The molecule has 0 radical (unpaired) electrons. The maximum Gasteiger partial charge on any atom is 0.338 e. The van der Waals surface area contributed by atoms with E-state index in [1.54, 1.807) is 0 Å². The summed E-state index contributed by atoms with van der Waals surface area (Å²) in [7, 11) is 0. The van der Waals surface area contributed by atoms with Crippen LogP contribution < -0.4 is 4.74 Å². The minimum atomic E-state index is -0.553. The highest BCUT2D eigenvalue weighted by atomic mass is 16.6. The van der Waals surface area contributed by atoms with Gasteiger partial charge in [0.2, 0.25) is 5.88 Å². The highest BCUT2D eigenvalue weighted by Crippen LogP contribution is 2.30. The molecule has 2 aliphatic heterocycles. The van der Waals surface area contributed by atoms with Crippen LogP contribution in [0.3, 0.4) is 0 Å². The lowest BCUT2D eigenvalue weighted by atomic mass is 9.93. The molecule has 0 unspecified atom stereocenters. The molecule has 7 rings (SSSR count). The zero-order valence-corrected chi connectivity index (χ0v) is 26.8. The van der Waals surface area contributed by atoms with Crippen molar-refractivity contribution >= 4 is 27.8 Å². The van der Waals surface area contributed by atoms with Crippen LogP contribution in [-0.2, 0) is 29.2 Å². The van der Waals surface area contributed by atoms with Gasteiger partial charge in [-0.2, -0.15) is 0 Å². The van der Waals surface area contributed by atoms with E-state index in [0.29, 0.717) is 24.0 Å². The number of esters is 1. The Morgan fingerprint density at radius 1 is 1.00 bits per heavy atom. The number of fused-ring (bicyclic) bond motifs is 2. The number of carbonyl (C=O) groups excluding carboxylic acids is 1. The van der Waals surface area contributed by atoms with Crippen molar-refractivity contribution in [3.8, 4) is 5.88 Å². The smallest absolute Gasteiger partial charge is 0.338 e. The molecule has 0 aliphatic carbocycles. The molecular weight excluding hydrogens is 578 g/mol. The second kappa shape index (κ2) is 12.8. The second-order valence-electron chi connectivity index (χ2n) is 13.4. The third kappa shape index (κ3) is 6.76. The van der Waals surface area contributed by atoms with E-state index in [1.165, 1.54) is 0 Å². The molecule has 9 heteroatoms. The van der Waals surface area contributed by atoms with E-state index in [-0.39, 0.29) is 12.1 Å². The molecule has 0 N–H and O–H groups in total. The van der Waals surface area contributed by atoms with Crippen LogP contribution in [0.2, 0.25) is 0 Å². The first-order chi connectivity index (χ1) is 22.3. The Balaban J connectivity index is 1.02. The van der Waals surface area contributed by atoms with Crippen molar-refractivity contribution < 1.29 is 19.0 Å². The molecule has 238 valence electrons. The Bertz CT molecular complexity index is 1850. The Morgan fingerprint density at radius 2 is 1.83 bits per heavy atom. The summed E-state index contributed by atoms with van der Waals surface area (Å²) >= 11 is 0. The van der Waals surface area contributed by atoms with E-state index in [9.17, 15) is 4.79 Å². The summed E-state index contributed by atoms with van der Waals surface area (Å²) in [5.74, 6) is 1.71. The highest BCUT2D eigenvalue weighted by Gasteiger charge is 2.27. The number of ether oxygens (including phenoxy) is 3. The van der Waals surface area contributed by atoms with Crippen molar-refractivity contribution in [1.82, 2.24) is 24.4 Å². The molecule has 5 heterocycles. The quantitative estimate of drug-likeness (QED) is 0.169. The first kappa shape index (κ1) is 30.3. The lowest BCUT2D eigenvalue weighted by Crippen LogP contribution is -2.35. The molecule has 0 saturated carbocycles. The van der Waals surface area contributed by atoms with Gasteiger partial charge >= 0.3 is 5.97 Å². The van der Waals surface area contributed by atoms with Crippen molar-refractivity contribution in [3.63, 3.8) is 0 Å². The van der Waals surface area contributed by atoms with Crippen LogP contribution in [0.1, 0.15) is 73.4 Å². The van der Waals surface area contributed by atoms with Gasteiger partial charge in [0, 0.05) is 42.1 Å². The molecule has 9 nitrogen and oxygen atoms in total. The average molecular weight is 620 g/mol. The molecule has 0 bridgehead atoms. The van der Waals surface area contributed by atoms with Crippen LogP contribution in [0.4, 0.5) is 0 Å². The number of aromatic nitrogens is 4. The molecule has 0 amide bonds. The number of hydrogen-bond acceptors (Lipinski definition) is 8. The number of imidazole rings is 1. The Hall–Kier alpha value is -4.34. The standard InChI is InChI=1S/C37H41N5O4/c1-37(2,3)46-36(43)27-10-11-32-33(20-27)42(22-29-15-19-44-29)34(39-32)23-41-17-13-26(14-18-41)31-8-5-9-35(40-31)45-24-28-7-4-6-25-12-16-38-21-30(25)28/h4-12,16,20-21,26,29H,13-15,17-19,22-24H2,1-3H3/t29-/m0/s1. The van der Waals surface area contributed by atoms with Gasteiger partial charge in [-0.25, -0.2) is 14.8 Å². The molecule has 2 aromatic carbocycles. The van der Waals surface area contributed by atoms with Gasteiger partial charge in [-0.05, 0) is 94.4 Å². The summed E-state index contributed by atoms with van der Waals surface area (Å²) in [5.41, 5.74) is 4.01. The Labute approximate surface area is 269 Å². The number of likely N-dealkylation sites (tertiary alicyclic amines) is 1. The molecule has 1 atom stereocenters. The maximum atomic E-state index is 12.8. The third-order valence-corrected chi connectivity index (χ3v) is 8.91. The van der Waals surface area contributed by atoms with E-state index >= 15 is 0 Å². The number of hydrogen-bond donors (Lipinski definition) is 0. The SMILES string of the molecule is CC(C)(C)OC(=O)c1ccc2nc(CN3CCC(c4cccc(OCc5cccc6ccncc56)n4)CC3)n(C[C@@H]3CCO3)c2c1. The number of carbonyl (C=O) groups is 1. The van der Waals surface area contributed by atoms with Crippen LogP contribution in [0.15, 0.2) is 73.1 Å². The highest BCUT2D eigenvalue weighted by molar-refractivity contribution is 5.94. The van der Waals surface area contributed by atoms with E-state index in [0.717, 1.165) is 90.9 Å². The summed E-state index contributed by atoms with van der Waals surface area (Å²) in [6.07, 6.45) is 6.94. The lowest BCUT2D eigenvalue weighted by molar-refractivity contribution is -0.0592. The predicted molar refractivity (Wildman–Crippen MR) is 177 cm³/mol. The summed E-state index contributed by atoms with van der Waals surface area (Å²) < 4.78 is 19.9. The predicted octanol–water partition coefficient (Wildman–Crippen LogP) is 6.68. The number of rotatable bonds is 9. The van der Waals surface area contributed by atoms with Gasteiger partial charge in [0.1, 0.15) is 18.0 Å². The minimum absolute atomic E-state index is 0.171. The minimum Gasteiger partial charge on any atom is -0.473 e. The first-order valence-electron chi connectivity index (χ1n) is 16.3. The number of nitrogens with zero attached hydrogens (tertiary/aromatic N) is 5. The summed E-state index contributed by atoms with van der Waals surface area (Å²) in [6.45, 7) is 10.3. The Morgan fingerprint density at radius 3 is 2.61 bits per heavy atom. The van der Waals surface area contributed by atoms with Gasteiger partial charge in [0.25, 0.3) is 0 Å². The topological polar surface area (TPSA) is 91.6 Å². The van der Waals surface area contributed by atoms with Crippen LogP contribution in [0.5, 0.6) is 5.88 Å². The summed E-state index contributed by atoms with van der Waals surface area (Å²) in [4.78, 5) is 29.5. The fourth-order valence-corrected chi connectivity index (χ4v) is 6.37. The van der Waals surface area contributed by atoms with Crippen LogP contribution in [0.25, 0.3) is 21.8 Å². The fraction of sp³-hybridized carbons (Fsp3) is 0.405. The monoisotopic (exact) mass is 619 g/mol. The van der Waals surface area contributed by atoms with Crippen LogP contribution in [-0.4, -0.2) is 61.8 Å². The van der Waals surface area contributed by atoms with E-state index in [4.69, 9.17) is 24.2 Å². The fourth-order valence-electron chi connectivity index (χ4n) is 6.37. The van der Waals surface area contributed by atoms with Crippen molar-refractivity contribution in [2.75, 3.05) is 19.7 Å². The van der Waals surface area contributed by atoms with Gasteiger partial charge in [-0.1, -0.05) is 24.3 Å². The summed E-state index contributed by atoms with van der Waals surface area (Å²) in [6, 6.07) is 20.0. The van der Waals surface area contributed by atoms with Gasteiger partial charge in [-0.15, -0.1) is 0 Å². The molecule has 5 aromatic rings. The third-order valence-electron chi connectivity index (χ3n) is 8.91. The average Bonchev–Trinajstić information content (AvgIpc) is 3.37. The molecule has 2 fully saturated rings. The molecule has 0 spiro atoms.